The Bertz CT molecular complexity index is 312. The van der Waals surface area contributed by atoms with Crippen LogP contribution < -0.4 is 0 Å². The molecule has 0 heterocycles. The Kier molecular flexibility index (Phi) is 5.05. The summed E-state index contributed by atoms with van der Waals surface area (Å²) in [7, 11) is 0. The van der Waals surface area contributed by atoms with E-state index in [2.05, 4.69) is 25.7 Å². The minimum Gasteiger partial charge on any atom is -0.481 e. The fourth-order valence-electron chi connectivity index (χ4n) is 2.86. The van der Waals surface area contributed by atoms with Crippen molar-refractivity contribution in [1.29, 1.82) is 0 Å². The molecule has 1 N–H and O–H groups in total. The minimum absolute atomic E-state index is 0.491. The van der Waals surface area contributed by atoms with Gasteiger partial charge < -0.3 is 5.11 Å². The molecule has 0 aliphatic heterocycles. The topological polar surface area (TPSA) is 37.3 Å². The van der Waals surface area contributed by atoms with Gasteiger partial charge >= 0.3 is 5.97 Å². The molecule has 0 unspecified atom stereocenters. The van der Waals surface area contributed by atoms with Crippen molar-refractivity contribution in [2.24, 2.45) is 17.3 Å². The molecule has 17 heavy (non-hydrogen) atoms. The van der Waals surface area contributed by atoms with Gasteiger partial charge in [0.05, 0.1) is 5.41 Å². The zero-order chi connectivity index (χ0) is 12.9. The molecular weight excluding hydrogens is 212 g/mol. The smallest absolute Gasteiger partial charge is 0.309 e. The van der Waals surface area contributed by atoms with Crippen LogP contribution in [0.3, 0.4) is 0 Å². The summed E-state index contributed by atoms with van der Waals surface area (Å²) < 4.78 is 0. The van der Waals surface area contributed by atoms with Gasteiger partial charge in [-0.25, -0.2) is 0 Å². The summed E-state index contributed by atoms with van der Waals surface area (Å²) >= 11 is 0. The summed E-state index contributed by atoms with van der Waals surface area (Å²) in [4.78, 5) is 11.5. The largest absolute Gasteiger partial charge is 0.481 e. The first-order valence-corrected chi connectivity index (χ1v) is 6.65. The summed E-state index contributed by atoms with van der Waals surface area (Å²) in [5.41, 5.74) is -0.491. The molecule has 0 atom stereocenters. The van der Waals surface area contributed by atoms with E-state index in [1.165, 1.54) is 0 Å². The molecule has 1 aliphatic carbocycles. The molecule has 0 saturated heterocycles. The van der Waals surface area contributed by atoms with E-state index >= 15 is 0 Å². The number of rotatable bonds is 4. The van der Waals surface area contributed by atoms with Gasteiger partial charge in [-0.1, -0.05) is 13.8 Å². The number of hydrogen-bond donors (Lipinski definition) is 1. The van der Waals surface area contributed by atoms with Gasteiger partial charge in [0.15, 0.2) is 0 Å². The van der Waals surface area contributed by atoms with E-state index in [-0.39, 0.29) is 0 Å². The van der Waals surface area contributed by atoms with Crippen molar-refractivity contribution in [3.05, 3.63) is 0 Å². The first-order valence-electron chi connectivity index (χ1n) is 6.65. The monoisotopic (exact) mass is 236 g/mol. The molecule has 1 saturated carbocycles. The van der Waals surface area contributed by atoms with Crippen LogP contribution in [-0.2, 0) is 4.79 Å². The molecule has 1 aliphatic rings. The average Bonchev–Trinajstić information content (AvgIpc) is 2.29. The molecule has 96 valence electrons. The maximum absolute atomic E-state index is 11.5. The van der Waals surface area contributed by atoms with E-state index in [9.17, 15) is 9.90 Å². The van der Waals surface area contributed by atoms with Crippen LogP contribution in [0.1, 0.15) is 59.3 Å². The SMILES string of the molecule is CC#CCCC1(C(=O)O)CCC(C(C)C)CC1. The van der Waals surface area contributed by atoms with Crippen LogP contribution >= 0.6 is 0 Å². The molecule has 0 spiro atoms. The molecule has 1 rings (SSSR count). The lowest BCUT2D eigenvalue weighted by Crippen LogP contribution is -2.36. The third-order valence-electron chi connectivity index (χ3n) is 4.29. The molecular formula is C15H24O2. The van der Waals surface area contributed by atoms with Crippen LogP contribution in [0.15, 0.2) is 0 Å². The van der Waals surface area contributed by atoms with Gasteiger partial charge in [-0.05, 0) is 50.9 Å². The van der Waals surface area contributed by atoms with E-state index in [0.29, 0.717) is 18.3 Å². The predicted octanol–water partition coefficient (Wildman–Crippen LogP) is 3.71. The number of carboxylic acid groups (broad SMARTS) is 1. The Hall–Kier alpha value is -0.970. The summed E-state index contributed by atoms with van der Waals surface area (Å²) in [5, 5.41) is 9.46. The van der Waals surface area contributed by atoms with E-state index < -0.39 is 11.4 Å². The van der Waals surface area contributed by atoms with Crippen molar-refractivity contribution in [3.8, 4) is 11.8 Å². The number of aliphatic carboxylic acids is 1. The van der Waals surface area contributed by atoms with Crippen LogP contribution in [-0.4, -0.2) is 11.1 Å². The second-order valence-corrected chi connectivity index (χ2v) is 5.59. The van der Waals surface area contributed by atoms with Crippen LogP contribution in [0.5, 0.6) is 0 Å². The quantitative estimate of drug-likeness (QED) is 0.755. The maximum atomic E-state index is 11.5. The van der Waals surface area contributed by atoms with E-state index in [4.69, 9.17) is 0 Å². The molecule has 0 aromatic rings. The van der Waals surface area contributed by atoms with Crippen molar-refractivity contribution in [2.75, 3.05) is 0 Å². The molecule has 2 nitrogen and oxygen atoms in total. The first-order chi connectivity index (χ1) is 8.02. The lowest BCUT2D eigenvalue weighted by Gasteiger charge is -2.38. The van der Waals surface area contributed by atoms with E-state index in [0.717, 1.165) is 32.1 Å². The zero-order valence-electron chi connectivity index (χ0n) is 11.3. The van der Waals surface area contributed by atoms with Crippen molar-refractivity contribution in [3.63, 3.8) is 0 Å². The highest BCUT2D eigenvalue weighted by atomic mass is 16.4. The van der Waals surface area contributed by atoms with Gasteiger partial charge in [-0.15, -0.1) is 11.8 Å². The molecule has 0 amide bonds. The molecule has 2 heteroatoms. The van der Waals surface area contributed by atoms with Crippen molar-refractivity contribution < 1.29 is 9.90 Å². The normalized spacial score (nSPS) is 28.6. The van der Waals surface area contributed by atoms with Crippen molar-refractivity contribution in [2.45, 2.75) is 59.3 Å². The lowest BCUT2D eigenvalue weighted by atomic mass is 9.66. The Balaban J connectivity index is 2.62. The summed E-state index contributed by atoms with van der Waals surface area (Å²) in [6.07, 6.45) is 5.21. The van der Waals surface area contributed by atoms with Gasteiger partial charge in [-0.2, -0.15) is 0 Å². The summed E-state index contributed by atoms with van der Waals surface area (Å²) in [6, 6.07) is 0. The fraction of sp³-hybridized carbons (Fsp3) is 0.800. The van der Waals surface area contributed by atoms with Gasteiger partial charge in [0.2, 0.25) is 0 Å². The second-order valence-electron chi connectivity index (χ2n) is 5.59. The van der Waals surface area contributed by atoms with Crippen LogP contribution in [0.4, 0.5) is 0 Å². The Labute approximate surface area is 105 Å². The Morgan fingerprint density at radius 3 is 2.41 bits per heavy atom. The zero-order valence-corrected chi connectivity index (χ0v) is 11.3. The van der Waals surface area contributed by atoms with E-state index in [1.54, 1.807) is 0 Å². The summed E-state index contributed by atoms with van der Waals surface area (Å²) in [6.45, 7) is 6.28. The lowest BCUT2D eigenvalue weighted by molar-refractivity contribution is -0.152. The van der Waals surface area contributed by atoms with E-state index in [1.807, 2.05) is 6.92 Å². The van der Waals surface area contributed by atoms with Gasteiger partial charge in [0.1, 0.15) is 0 Å². The Morgan fingerprint density at radius 1 is 1.41 bits per heavy atom. The van der Waals surface area contributed by atoms with Crippen LogP contribution in [0.25, 0.3) is 0 Å². The second kappa shape index (κ2) is 6.10. The fourth-order valence-corrected chi connectivity index (χ4v) is 2.86. The highest BCUT2D eigenvalue weighted by Gasteiger charge is 2.41. The Morgan fingerprint density at radius 2 is 2.00 bits per heavy atom. The molecule has 0 aromatic carbocycles. The molecule has 0 bridgehead atoms. The highest BCUT2D eigenvalue weighted by molar-refractivity contribution is 5.74. The van der Waals surface area contributed by atoms with Crippen LogP contribution in [0, 0.1) is 29.1 Å². The maximum Gasteiger partial charge on any atom is 0.309 e. The standard InChI is InChI=1S/C15H24O2/c1-4-5-6-9-15(14(16)17)10-7-13(8-11-15)12(2)3/h12-13H,6-11H2,1-3H3,(H,16,17). The van der Waals surface area contributed by atoms with Gasteiger partial charge in [0.25, 0.3) is 0 Å². The molecule has 1 fully saturated rings. The number of carboxylic acids is 1. The minimum atomic E-state index is -0.613. The van der Waals surface area contributed by atoms with Crippen LogP contribution in [0.2, 0.25) is 0 Å². The van der Waals surface area contributed by atoms with Crippen molar-refractivity contribution >= 4 is 5.97 Å². The molecule has 0 aromatic heterocycles. The van der Waals surface area contributed by atoms with Gasteiger partial charge in [0, 0.05) is 6.42 Å². The first kappa shape index (κ1) is 14.1. The molecule has 0 radical (unpaired) electrons. The number of hydrogen-bond acceptors (Lipinski definition) is 1. The highest BCUT2D eigenvalue weighted by Crippen LogP contribution is 2.44. The summed E-state index contributed by atoms with van der Waals surface area (Å²) in [5.74, 6) is 6.62. The van der Waals surface area contributed by atoms with Gasteiger partial charge in [-0.3, -0.25) is 4.79 Å². The third kappa shape index (κ3) is 3.49. The average molecular weight is 236 g/mol. The van der Waals surface area contributed by atoms with Crippen molar-refractivity contribution in [1.82, 2.24) is 0 Å². The predicted molar refractivity (Wildman–Crippen MR) is 69.5 cm³/mol. The number of carbonyl (C=O) groups is 1. The third-order valence-corrected chi connectivity index (χ3v) is 4.29.